The molecule has 2 rings (SSSR count). The number of aromatic nitrogens is 2. The van der Waals surface area contributed by atoms with Crippen LogP contribution in [0.1, 0.15) is 31.4 Å². The zero-order valence-corrected chi connectivity index (χ0v) is 9.85. The lowest BCUT2D eigenvalue weighted by Crippen LogP contribution is -2.29. The highest BCUT2D eigenvalue weighted by Crippen LogP contribution is 2.26. The van der Waals surface area contributed by atoms with Crippen LogP contribution in [0.3, 0.4) is 0 Å². The summed E-state index contributed by atoms with van der Waals surface area (Å²) in [5.41, 5.74) is 0.638. The standard InChI is InChI=1S/C12H20N2O2/c1-14-11(4-8-13-14)3-6-12(15)5-2-9-16-10-7-12/h4,8,15H,2-3,5-7,9-10H2,1H3. The number of aliphatic hydroxyl groups is 1. The highest BCUT2D eigenvalue weighted by atomic mass is 16.5. The van der Waals surface area contributed by atoms with Gasteiger partial charge in [0.25, 0.3) is 0 Å². The van der Waals surface area contributed by atoms with Gasteiger partial charge in [-0.05, 0) is 38.2 Å². The Kier molecular flexibility index (Phi) is 3.61. The number of ether oxygens (including phenoxy) is 1. The topological polar surface area (TPSA) is 47.3 Å². The van der Waals surface area contributed by atoms with Gasteiger partial charge in [0.2, 0.25) is 0 Å². The van der Waals surface area contributed by atoms with Crippen molar-refractivity contribution in [3.05, 3.63) is 18.0 Å². The second-order valence-electron chi connectivity index (χ2n) is 4.64. The molecular weight excluding hydrogens is 204 g/mol. The quantitative estimate of drug-likeness (QED) is 0.841. The van der Waals surface area contributed by atoms with Gasteiger partial charge < -0.3 is 9.84 Å². The molecule has 0 spiro atoms. The molecule has 4 nitrogen and oxygen atoms in total. The van der Waals surface area contributed by atoms with Crippen LogP contribution in [0.4, 0.5) is 0 Å². The Morgan fingerprint density at radius 2 is 2.38 bits per heavy atom. The highest BCUT2D eigenvalue weighted by molar-refractivity contribution is 5.01. The van der Waals surface area contributed by atoms with E-state index in [1.54, 1.807) is 6.20 Å². The summed E-state index contributed by atoms with van der Waals surface area (Å²) in [6.45, 7) is 1.47. The van der Waals surface area contributed by atoms with Gasteiger partial charge in [-0.1, -0.05) is 0 Å². The van der Waals surface area contributed by atoms with Crippen LogP contribution in [0.5, 0.6) is 0 Å². The van der Waals surface area contributed by atoms with E-state index in [4.69, 9.17) is 4.74 Å². The average molecular weight is 224 g/mol. The Bertz CT molecular complexity index is 328. The molecule has 1 unspecified atom stereocenters. The van der Waals surface area contributed by atoms with E-state index in [1.807, 2.05) is 17.8 Å². The van der Waals surface area contributed by atoms with E-state index < -0.39 is 5.60 Å². The predicted octanol–water partition coefficient (Wildman–Crippen LogP) is 1.28. The fourth-order valence-electron chi connectivity index (χ4n) is 2.25. The Balaban J connectivity index is 1.90. The third-order valence-corrected chi connectivity index (χ3v) is 3.41. The van der Waals surface area contributed by atoms with E-state index in [1.165, 1.54) is 5.69 Å². The van der Waals surface area contributed by atoms with Crippen LogP contribution in [0.25, 0.3) is 0 Å². The van der Waals surface area contributed by atoms with Crippen LogP contribution in [-0.2, 0) is 18.2 Å². The minimum absolute atomic E-state index is 0.541. The maximum absolute atomic E-state index is 10.4. The fourth-order valence-corrected chi connectivity index (χ4v) is 2.25. The van der Waals surface area contributed by atoms with Gasteiger partial charge in [0.05, 0.1) is 5.60 Å². The third-order valence-electron chi connectivity index (χ3n) is 3.41. The Morgan fingerprint density at radius 3 is 3.12 bits per heavy atom. The molecule has 0 saturated carbocycles. The Labute approximate surface area is 96.2 Å². The molecule has 1 atom stereocenters. The van der Waals surface area contributed by atoms with Crippen molar-refractivity contribution in [1.82, 2.24) is 9.78 Å². The van der Waals surface area contributed by atoms with Crippen molar-refractivity contribution in [2.45, 2.75) is 37.7 Å². The first-order valence-corrected chi connectivity index (χ1v) is 5.97. The summed E-state index contributed by atoms with van der Waals surface area (Å²) in [5, 5.41) is 14.6. The summed E-state index contributed by atoms with van der Waals surface area (Å²) in [5.74, 6) is 0. The Morgan fingerprint density at radius 1 is 1.50 bits per heavy atom. The zero-order chi connectivity index (χ0) is 11.4. The van der Waals surface area contributed by atoms with E-state index in [9.17, 15) is 5.11 Å². The van der Waals surface area contributed by atoms with E-state index >= 15 is 0 Å². The molecule has 0 amide bonds. The molecule has 1 aliphatic rings. The Hall–Kier alpha value is -0.870. The second kappa shape index (κ2) is 4.97. The molecule has 0 bridgehead atoms. The van der Waals surface area contributed by atoms with Crippen molar-refractivity contribution in [3.8, 4) is 0 Å². The van der Waals surface area contributed by atoms with Gasteiger partial charge >= 0.3 is 0 Å². The van der Waals surface area contributed by atoms with Crippen LogP contribution >= 0.6 is 0 Å². The van der Waals surface area contributed by atoms with Crippen LogP contribution in [0, 0.1) is 0 Å². The number of nitrogens with zero attached hydrogens (tertiary/aromatic N) is 2. The predicted molar refractivity (Wildman–Crippen MR) is 61.1 cm³/mol. The summed E-state index contributed by atoms with van der Waals surface area (Å²) in [6, 6.07) is 2.01. The zero-order valence-electron chi connectivity index (χ0n) is 9.85. The molecule has 1 N–H and O–H groups in total. The van der Waals surface area contributed by atoms with Crippen LogP contribution < -0.4 is 0 Å². The van der Waals surface area contributed by atoms with Crippen LogP contribution in [-0.4, -0.2) is 33.7 Å². The van der Waals surface area contributed by atoms with Crippen molar-refractivity contribution < 1.29 is 9.84 Å². The number of rotatable bonds is 3. The van der Waals surface area contributed by atoms with E-state index in [0.717, 1.165) is 38.7 Å². The van der Waals surface area contributed by atoms with Gasteiger partial charge in [0.15, 0.2) is 0 Å². The monoisotopic (exact) mass is 224 g/mol. The summed E-state index contributed by atoms with van der Waals surface area (Å²) in [4.78, 5) is 0. The van der Waals surface area contributed by atoms with Gasteiger partial charge in [-0.25, -0.2) is 0 Å². The first-order chi connectivity index (χ1) is 7.70. The molecule has 1 aliphatic heterocycles. The minimum atomic E-state index is -0.541. The minimum Gasteiger partial charge on any atom is -0.390 e. The van der Waals surface area contributed by atoms with Crippen molar-refractivity contribution in [1.29, 1.82) is 0 Å². The highest BCUT2D eigenvalue weighted by Gasteiger charge is 2.28. The molecule has 90 valence electrons. The lowest BCUT2D eigenvalue weighted by molar-refractivity contribution is 0.0106. The largest absolute Gasteiger partial charge is 0.390 e. The molecule has 1 aromatic rings. The lowest BCUT2D eigenvalue weighted by atomic mass is 9.89. The lowest BCUT2D eigenvalue weighted by Gasteiger charge is -2.25. The first-order valence-electron chi connectivity index (χ1n) is 5.97. The van der Waals surface area contributed by atoms with Gasteiger partial charge in [-0.3, -0.25) is 4.68 Å². The van der Waals surface area contributed by atoms with Gasteiger partial charge in [0, 0.05) is 32.2 Å². The van der Waals surface area contributed by atoms with Gasteiger partial charge in [-0.2, -0.15) is 5.10 Å². The fraction of sp³-hybridized carbons (Fsp3) is 0.750. The maximum atomic E-state index is 10.4. The maximum Gasteiger partial charge on any atom is 0.0674 e. The van der Waals surface area contributed by atoms with Crippen molar-refractivity contribution >= 4 is 0 Å². The molecule has 0 aliphatic carbocycles. The second-order valence-corrected chi connectivity index (χ2v) is 4.64. The molecule has 2 heterocycles. The molecule has 4 heteroatoms. The van der Waals surface area contributed by atoms with Gasteiger partial charge in [0.1, 0.15) is 0 Å². The normalized spacial score (nSPS) is 26.6. The van der Waals surface area contributed by atoms with Crippen molar-refractivity contribution in [3.63, 3.8) is 0 Å². The van der Waals surface area contributed by atoms with Crippen LogP contribution in [0.2, 0.25) is 0 Å². The molecule has 0 radical (unpaired) electrons. The smallest absolute Gasteiger partial charge is 0.0674 e. The van der Waals surface area contributed by atoms with E-state index in [2.05, 4.69) is 5.10 Å². The molecular formula is C12H20N2O2. The SMILES string of the molecule is Cn1nccc1CCC1(O)CCCOCC1. The third kappa shape index (κ3) is 2.83. The molecule has 1 fully saturated rings. The summed E-state index contributed by atoms with van der Waals surface area (Å²) in [6.07, 6.45) is 6.05. The molecule has 0 aromatic carbocycles. The summed E-state index contributed by atoms with van der Waals surface area (Å²) >= 11 is 0. The van der Waals surface area contributed by atoms with Crippen molar-refractivity contribution in [2.24, 2.45) is 7.05 Å². The van der Waals surface area contributed by atoms with E-state index in [-0.39, 0.29) is 0 Å². The average Bonchev–Trinajstić information content (AvgIpc) is 2.54. The van der Waals surface area contributed by atoms with Crippen LogP contribution in [0.15, 0.2) is 12.3 Å². The number of aryl methyl sites for hydroxylation is 2. The molecule has 16 heavy (non-hydrogen) atoms. The summed E-state index contributed by atoms with van der Waals surface area (Å²) in [7, 11) is 1.94. The number of hydrogen-bond acceptors (Lipinski definition) is 3. The number of hydrogen-bond donors (Lipinski definition) is 1. The van der Waals surface area contributed by atoms with Crippen molar-refractivity contribution in [2.75, 3.05) is 13.2 Å². The van der Waals surface area contributed by atoms with Gasteiger partial charge in [-0.15, -0.1) is 0 Å². The summed E-state index contributed by atoms with van der Waals surface area (Å²) < 4.78 is 7.24. The van der Waals surface area contributed by atoms with E-state index in [0.29, 0.717) is 6.61 Å². The molecule has 1 saturated heterocycles. The first kappa shape index (κ1) is 11.6. The molecule has 1 aromatic heterocycles.